The molecule has 0 saturated heterocycles. The summed E-state index contributed by atoms with van der Waals surface area (Å²) in [6, 6.07) is 0.323. The molecule has 0 spiro atoms. The average molecular weight is 259 g/mol. The Morgan fingerprint density at radius 2 is 2.26 bits per heavy atom. The van der Waals surface area contributed by atoms with Crippen molar-refractivity contribution in [1.29, 1.82) is 0 Å². The van der Waals surface area contributed by atoms with Gasteiger partial charge in [-0.1, -0.05) is 37.5 Å². The molecule has 4 atom stereocenters. The van der Waals surface area contributed by atoms with Gasteiger partial charge < -0.3 is 20.8 Å². The fourth-order valence-electron chi connectivity index (χ4n) is 3.21. The number of aliphatic hydroxyl groups excluding tert-OH is 1. The molecule has 1 fully saturated rings. The van der Waals surface area contributed by atoms with E-state index in [4.69, 9.17) is 0 Å². The van der Waals surface area contributed by atoms with Crippen molar-refractivity contribution in [1.82, 2.24) is 10.5 Å². The van der Waals surface area contributed by atoms with Crippen molar-refractivity contribution in [3.63, 3.8) is 0 Å². The summed E-state index contributed by atoms with van der Waals surface area (Å²) in [5, 5.41) is 25.9. The lowest BCUT2D eigenvalue weighted by Crippen LogP contribution is -2.46. The van der Waals surface area contributed by atoms with Crippen LogP contribution >= 0.6 is 0 Å². The highest BCUT2D eigenvalue weighted by atomic mass is 16.5. The highest BCUT2D eigenvalue weighted by Crippen LogP contribution is 2.53. The Balaban J connectivity index is 1.74. The van der Waals surface area contributed by atoms with Crippen molar-refractivity contribution in [2.24, 2.45) is 11.8 Å². The van der Waals surface area contributed by atoms with Gasteiger partial charge in [0.05, 0.1) is 11.6 Å². The normalized spacial score (nSPS) is 38.9. The maximum absolute atomic E-state index is 9.69. The van der Waals surface area contributed by atoms with Gasteiger partial charge in [-0.25, -0.2) is 0 Å². The first-order valence-electron chi connectivity index (χ1n) is 6.95. The number of hydrogen-bond donors (Lipinski definition) is 4. The number of nitrogens with one attached hydrogen (secondary N) is 2. The fourth-order valence-corrected chi connectivity index (χ4v) is 3.21. The lowest BCUT2D eigenvalue weighted by Gasteiger charge is -2.24. The van der Waals surface area contributed by atoms with E-state index in [2.05, 4.69) is 41.0 Å². The molecule has 3 unspecified atom stereocenters. The third-order valence-electron chi connectivity index (χ3n) is 4.40. The second-order valence-corrected chi connectivity index (χ2v) is 5.56. The predicted molar refractivity (Wildman–Crippen MR) is 75.2 cm³/mol. The quantitative estimate of drug-likeness (QED) is 0.423. The number of allylic oxidation sites excluding steroid dienone is 2. The molecule has 0 bridgehead atoms. The SMILES string of the molecule is CC[B]N[C@]1(C(O)O)CC1C1=CNC2C=CC=CC12. The van der Waals surface area contributed by atoms with Crippen molar-refractivity contribution in [3.05, 3.63) is 36.1 Å². The summed E-state index contributed by atoms with van der Waals surface area (Å²) in [5.41, 5.74) is 0.684. The topological polar surface area (TPSA) is 64.5 Å². The zero-order valence-corrected chi connectivity index (χ0v) is 11.1. The van der Waals surface area contributed by atoms with E-state index in [1.807, 2.05) is 14.3 Å². The fraction of sp³-hybridized carbons (Fsp3) is 0.571. The Hall–Kier alpha value is -1.04. The second-order valence-electron chi connectivity index (χ2n) is 5.56. The smallest absolute Gasteiger partial charge is 0.205 e. The summed E-state index contributed by atoms with van der Waals surface area (Å²) in [4.78, 5) is 0. The molecule has 101 valence electrons. The second kappa shape index (κ2) is 4.82. The molecule has 0 aromatic rings. The monoisotopic (exact) mass is 259 g/mol. The molecular weight excluding hydrogens is 239 g/mol. The molecule has 1 heterocycles. The molecule has 0 amide bonds. The Labute approximate surface area is 114 Å². The minimum Gasteiger partial charge on any atom is -0.384 e. The van der Waals surface area contributed by atoms with Gasteiger partial charge in [0, 0.05) is 11.8 Å². The first kappa shape index (κ1) is 13.0. The lowest BCUT2D eigenvalue weighted by atomic mass is 9.84. The van der Waals surface area contributed by atoms with Gasteiger partial charge in [-0.05, 0) is 18.2 Å². The van der Waals surface area contributed by atoms with Crippen LogP contribution in [-0.2, 0) is 0 Å². The van der Waals surface area contributed by atoms with Crippen LogP contribution in [0.2, 0.25) is 6.32 Å². The summed E-state index contributed by atoms with van der Waals surface area (Å²) in [7, 11) is 1.91. The Morgan fingerprint density at radius 1 is 1.47 bits per heavy atom. The Kier molecular flexibility index (Phi) is 3.29. The molecule has 1 radical (unpaired) electrons. The van der Waals surface area contributed by atoms with Crippen LogP contribution in [0.15, 0.2) is 36.1 Å². The molecule has 3 aliphatic rings. The molecule has 3 rings (SSSR count). The lowest BCUT2D eigenvalue weighted by molar-refractivity contribution is -0.0740. The first-order valence-corrected chi connectivity index (χ1v) is 6.95. The third kappa shape index (κ3) is 2.06. The Morgan fingerprint density at radius 3 is 3.00 bits per heavy atom. The summed E-state index contributed by atoms with van der Waals surface area (Å²) in [6.45, 7) is 2.03. The zero-order chi connectivity index (χ0) is 13.5. The van der Waals surface area contributed by atoms with Gasteiger partial charge in [-0.15, -0.1) is 0 Å². The minimum absolute atomic E-state index is 0.189. The van der Waals surface area contributed by atoms with Crippen LogP contribution in [0.5, 0.6) is 0 Å². The summed E-state index contributed by atoms with van der Waals surface area (Å²) in [6.07, 6.45) is 10.8. The van der Waals surface area contributed by atoms with Gasteiger partial charge >= 0.3 is 0 Å². The average Bonchev–Trinajstić information content (AvgIpc) is 3.00. The van der Waals surface area contributed by atoms with E-state index < -0.39 is 11.8 Å². The number of hydrogen-bond acceptors (Lipinski definition) is 4. The van der Waals surface area contributed by atoms with E-state index in [-0.39, 0.29) is 5.92 Å². The number of aliphatic hydroxyl groups is 2. The number of fused-ring (bicyclic) bond motifs is 1. The van der Waals surface area contributed by atoms with Gasteiger partial charge in [-0.3, -0.25) is 0 Å². The predicted octanol–water partition coefficient (Wildman–Crippen LogP) is 0.301. The highest BCUT2D eigenvalue weighted by molar-refractivity contribution is 6.32. The zero-order valence-electron chi connectivity index (χ0n) is 11.1. The molecule has 19 heavy (non-hydrogen) atoms. The highest BCUT2D eigenvalue weighted by Gasteiger charge is 2.61. The summed E-state index contributed by atoms with van der Waals surface area (Å²) >= 11 is 0. The van der Waals surface area contributed by atoms with Crippen molar-refractivity contribution in [2.45, 2.75) is 37.5 Å². The molecule has 4 nitrogen and oxygen atoms in total. The van der Waals surface area contributed by atoms with Crippen LogP contribution in [0.25, 0.3) is 0 Å². The molecule has 1 saturated carbocycles. The van der Waals surface area contributed by atoms with Crippen molar-refractivity contribution >= 4 is 7.41 Å². The van der Waals surface area contributed by atoms with Crippen molar-refractivity contribution in [3.8, 4) is 0 Å². The van der Waals surface area contributed by atoms with Crippen LogP contribution < -0.4 is 10.5 Å². The van der Waals surface area contributed by atoms with E-state index in [0.29, 0.717) is 12.0 Å². The van der Waals surface area contributed by atoms with E-state index in [9.17, 15) is 10.2 Å². The van der Waals surface area contributed by atoms with Gasteiger partial charge in [0.25, 0.3) is 0 Å². The molecule has 0 aromatic heterocycles. The van der Waals surface area contributed by atoms with Crippen LogP contribution in [0.1, 0.15) is 13.3 Å². The molecule has 0 aromatic carbocycles. The molecule has 4 N–H and O–H groups in total. The van der Waals surface area contributed by atoms with E-state index in [0.717, 1.165) is 12.7 Å². The molecule has 2 aliphatic carbocycles. The van der Waals surface area contributed by atoms with Gasteiger partial charge in [0.1, 0.15) is 0 Å². The first-order chi connectivity index (χ1) is 9.19. The standard InChI is InChI=1S/C14H20BN2O2/c1-2-15-17-14(13(18)19)7-11(14)10-8-16-12-6-4-3-5-9(10)12/h3-6,8-9,11-13,16-19H,2,7H2,1H3/t9?,11?,12?,14-/m1/s1. The van der Waals surface area contributed by atoms with Gasteiger partial charge in [0.2, 0.25) is 7.41 Å². The van der Waals surface area contributed by atoms with Crippen molar-refractivity contribution < 1.29 is 10.2 Å². The van der Waals surface area contributed by atoms with Crippen LogP contribution in [0, 0.1) is 11.8 Å². The van der Waals surface area contributed by atoms with Crippen molar-refractivity contribution in [2.75, 3.05) is 0 Å². The third-order valence-corrected chi connectivity index (χ3v) is 4.40. The van der Waals surface area contributed by atoms with Crippen LogP contribution in [0.3, 0.4) is 0 Å². The maximum atomic E-state index is 9.69. The summed E-state index contributed by atoms with van der Waals surface area (Å²) < 4.78 is 0. The van der Waals surface area contributed by atoms with E-state index >= 15 is 0 Å². The van der Waals surface area contributed by atoms with Gasteiger partial charge in [0.15, 0.2) is 6.29 Å². The Bertz CT molecular complexity index is 447. The molecule has 5 heteroatoms. The van der Waals surface area contributed by atoms with E-state index in [1.54, 1.807) is 0 Å². The molecule has 1 aliphatic heterocycles. The van der Waals surface area contributed by atoms with Crippen LogP contribution in [-0.4, -0.2) is 35.5 Å². The summed E-state index contributed by atoms with van der Waals surface area (Å²) in [5.74, 6) is 0.535. The minimum atomic E-state index is -1.33. The largest absolute Gasteiger partial charge is 0.384 e. The van der Waals surface area contributed by atoms with Crippen LogP contribution in [0.4, 0.5) is 0 Å². The molecular formula is C14H20BN2O2. The number of rotatable bonds is 5. The maximum Gasteiger partial charge on any atom is 0.205 e. The van der Waals surface area contributed by atoms with Gasteiger partial charge in [-0.2, -0.15) is 0 Å². The van der Waals surface area contributed by atoms with E-state index in [1.165, 1.54) is 5.57 Å².